The third-order valence-corrected chi connectivity index (χ3v) is 3.92. The molecule has 0 amide bonds. The number of carbonyl (C=O) groups is 2. The normalized spacial score (nSPS) is 24.7. The molecular formula is C10H12O7S. The van der Waals surface area contributed by atoms with Crippen molar-refractivity contribution in [3.8, 4) is 0 Å². The number of hydrogen-bond donors (Lipinski definition) is 3. The first-order chi connectivity index (χ1) is 8.07. The Kier molecular flexibility index (Phi) is 3.63. The second-order valence-corrected chi connectivity index (χ2v) is 5.42. The molecule has 1 rings (SSSR count). The van der Waals surface area contributed by atoms with Crippen molar-refractivity contribution in [1.82, 2.24) is 0 Å². The Hall–Kier alpha value is -1.67. The van der Waals surface area contributed by atoms with Crippen LogP contribution in [0.1, 0.15) is 13.8 Å². The van der Waals surface area contributed by atoms with Crippen LogP contribution in [0.15, 0.2) is 22.1 Å². The van der Waals surface area contributed by atoms with Crippen molar-refractivity contribution >= 4 is 22.1 Å². The van der Waals surface area contributed by atoms with Crippen LogP contribution in [0.5, 0.6) is 0 Å². The molecule has 0 spiro atoms. The molecule has 2 atom stereocenters. The summed E-state index contributed by atoms with van der Waals surface area (Å²) in [6.07, 6.45) is 0.803. The Morgan fingerprint density at radius 2 is 1.78 bits per heavy atom. The first-order valence-corrected chi connectivity index (χ1v) is 6.37. The van der Waals surface area contributed by atoms with Gasteiger partial charge in [-0.15, -0.1) is 0 Å². The Balaban J connectivity index is 3.56. The molecule has 2 unspecified atom stereocenters. The number of carboxylic acid groups (broad SMARTS) is 2. The van der Waals surface area contributed by atoms with E-state index in [1.807, 2.05) is 0 Å². The number of allylic oxidation sites excluding steroid dienone is 1. The fraction of sp³-hybridized carbons (Fsp3) is 0.400. The number of aliphatic carboxylic acids is 2. The molecular weight excluding hydrogens is 264 g/mol. The van der Waals surface area contributed by atoms with E-state index in [0.717, 1.165) is 6.08 Å². The minimum Gasteiger partial charge on any atom is -0.481 e. The van der Waals surface area contributed by atoms with Crippen LogP contribution in [0.25, 0.3) is 0 Å². The zero-order valence-corrected chi connectivity index (χ0v) is 10.4. The van der Waals surface area contributed by atoms with E-state index in [2.05, 4.69) is 0 Å². The van der Waals surface area contributed by atoms with Gasteiger partial charge in [-0.25, -0.2) is 4.79 Å². The first kappa shape index (κ1) is 14.4. The molecule has 0 saturated carbocycles. The van der Waals surface area contributed by atoms with Gasteiger partial charge in [0.25, 0.3) is 10.1 Å². The maximum atomic E-state index is 11.1. The molecule has 1 aliphatic rings. The standard InChI is InChI=1S/C10H12O7S/c1-4-6(9(11)12)3-7(18(15,16)17)5(2)8(4)10(13)14/h3-4,8H,1-2H3,(H,11,12)(H,13,14)(H,15,16,17). The summed E-state index contributed by atoms with van der Waals surface area (Å²) in [5, 5.41) is 17.9. The lowest BCUT2D eigenvalue weighted by Crippen LogP contribution is -2.31. The van der Waals surface area contributed by atoms with Crippen molar-refractivity contribution in [3.63, 3.8) is 0 Å². The first-order valence-electron chi connectivity index (χ1n) is 4.93. The van der Waals surface area contributed by atoms with E-state index in [9.17, 15) is 18.0 Å². The quantitative estimate of drug-likeness (QED) is 0.640. The molecule has 0 aromatic carbocycles. The van der Waals surface area contributed by atoms with Gasteiger partial charge in [0.15, 0.2) is 0 Å². The van der Waals surface area contributed by atoms with Crippen molar-refractivity contribution in [3.05, 3.63) is 22.1 Å². The second kappa shape index (κ2) is 4.54. The highest BCUT2D eigenvalue weighted by Gasteiger charge is 2.38. The molecule has 0 aromatic heterocycles. The summed E-state index contributed by atoms with van der Waals surface area (Å²) in [5.74, 6) is -4.93. The van der Waals surface area contributed by atoms with Gasteiger partial charge in [0.05, 0.1) is 10.8 Å². The molecule has 0 heterocycles. The van der Waals surface area contributed by atoms with Gasteiger partial charge in [0.1, 0.15) is 0 Å². The van der Waals surface area contributed by atoms with Gasteiger partial charge in [-0.3, -0.25) is 9.35 Å². The van der Waals surface area contributed by atoms with Crippen LogP contribution in [0.4, 0.5) is 0 Å². The zero-order chi connectivity index (χ0) is 14.2. The Labute approximate surface area is 103 Å². The summed E-state index contributed by atoms with van der Waals surface area (Å²) in [6, 6.07) is 0. The van der Waals surface area contributed by atoms with Gasteiger partial charge < -0.3 is 10.2 Å². The van der Waals surface area contributed by atoms with Crippen LogP contribution in [0.2, 0.25) is 0 Å². The highest BCUT2D eigenvalue weighted by Crippen LogP contribution is 2.36. The molecule has 0 radical (unpaired) electrons. The minimum atomic E-state index is -4.65. The van der Waals surface area contributed by atoms with Crippen molar-refractivity contribution in [2.24, 2.45) is 11.8 Å². The Bertz CT molecular complexity index is 567. The molecule has 0 aromatic rings. The van der Waals surface area contributed by atoms with Crippen molar-refractivity contribution in [1.29, 1.82) is 0 Å². The predicted molar refractivity (Wildman–Crippen MR) is 60.3 cm³/mol. The van der Waals surface area contributed by atoms with Gasteiger partial charge in [0, 0.05) is 11.5 Å². The van der Waals surface area contributed by atoms with Crippen molar-refractivity contribution in [2.45, 2.75) is 13.8 Å². The van der Waals surface area contributed by atoms with Crippen LogP contribution in [-0.2, 0) is 19.7 Å². The van der Waals surface area contributed by atoms with Crippen LogP contribution in [0, 0.1) is 11.8 Å². The molecule has 1 aliphatic carbocycles. The van der Waals surface area contributed by atoms with E-state index >= 15 is 0 Å². The van der Waals surface area contributed by atoms with Gasteiger partial charge in [-0.2, -0.15) is 8.42 Å². The van der Waals surface area contributed by atoms with Crippen molar-refractivity contribution in [2.75, 3.05) is 0 Å². The molecule has 0 bridgehead atoms. The average molecular weight is 276 g/mol. The molecule has 8 heteroatoms. The largest absolute Gasteiger partial charge is 0.481 e. The monoisotopic (exact) mass is 276 g/mol. The molecule has 7 nitrogen and oxygen atoms in total. The highest BCUT2D eigenvalue weighted by atomic mass is 32.2. The summed E-state index contributed by atoms with van der Waals surface area (Å²) in [5.41, 5.74) is -0.442. The smallest absolute Gasteiger partial charge is 0.331 e. The second-order valence-electron chi connectivity index (χ2n) is 4.03. The molecule has 0 aliphatic heterocycles. The Morgan fingerprint density at radius 1 is 1.28 bits per heavy atom. The number of hydrogen-bond acceptors (Lipinski definition) is 4. The average Bonchev–Trinajstić information content (AvgIpc) is 2.13. The van der Waals surface area contributed by atoms with Crippen LogP contribution in [-0.4, -0.2) is 35.1 Å². The lowest BCUT2D eigenvalue weighted by Gasteiger charge is -2.27. The van der Waals surface area contributed by atoms with E-state index in [1.54, 1.807) is 0 Å². The van der Waals surface area contributed by atoms with Crippen LogP contribution >= 0.6 is 0 Å². The summed E-state index contributed by atoms with van der Waals surface area (Å²) in [6.45, 7) is 2.62. The van der Waals surface area contributed by atoms with Gasteiger partial charge in [0.2, 0.25) is 0 Å². The minimum absolute atomic E-state index is 0.0810. The maximum Gasteiger partial charge on any atom is 0.331 e. The van der Waals surface area contributed by atoms with Crippen LogP contribution < -0.4 is 0 Å². The lowest BCUT2D eigenvalue weighted by atomic mass is 9.79. The summed E-state index contributed by atoms with van der Waals surface area (Å²) < 4.78 is 31.2. The summed E-state index contributed by atoms with van der Waals surface area (Å²) >= 11 is 0. The lowest BCUT2D eigenvalue weighted by molar-refractivity contribution is -0.141. The fourth-order valence-corrected chi connectivity index (χ4v) is 2.84. The summed E-state index contributed by atoms with van der Waals surface area (Å²) in [7, 11) is -4.65. The third-order valence-electron chi connectivity index (χ3n) is 2.92. The van der Waals surface area contributed by atoms with E-state index in [-0.39, 0.29) is 11.1 Å². The number of carboxylic acids is 2. The van der Waals surface area contributed by atoms with E-state index in [0.29, 0.717) is 0 Å². The SMILES string of the molecule is CC1=C(S(=O)(=O)O)C=C(C(=O)O)C(C)C1C(=O)O. The van der Waals surface area contributed by atoms with E-state index in [1.165, 1.54) is 13.8 Å². The van der Waals surface area contributed by atoms with Gasteiger partial charge in [-0.05, 0) is 18.6 Å². The van der Waals surface area contributed by atoms with Crippen LogP contribution in [0.3, 0.4) is 0 Å². The molecule has 0 saturated heterocycles. The van der Waals surface area contributed by atoms with Gasteiger partial charge in [-0.1, -0.05) is 6.92 Å². The molecule has 3 N–H and O–H groups in total. The maximum absolute atomic E-state index is 11.1. The van der Waals surface area contributed by atoms with E-state index in [4.69, 9.17) is 14.8 Å². The van der Waals surface area contributed by atoms with Crippen molar-refractivity contribution < 1.29 is 32.8 Å². The fourth-order valence-electron chi connectivity index (χ4n) is 2.03. The zero-order valence-electron chi connectivity index (χ0n) is 9.61. The molecule has 100 valence electrons. The third kappa shape index (κ3) is 2.44. The number of rotatable bonds is 3. The molecule has 18 heavy (non-hydrogen) atoms. The summed E-state index contributed by atoms with van der Waals surface area (Å²) in [4.78, 5) is 21.4. The Morgan fingerprint density at radius 3 is 2.11 bits per heavy atom. The highest BCUT2D eigenvalue weighted by molar-refractivity contribution is 7.90. The predicted octanol–water partition coefficient (Wildman–Crippen LogP) is 0.510. The van der Waals surface area contributed by atoms with E-state index < -0.39 is 38.8 Å². The topological polar surface area (TPSA) is 129 Å². The molecule has 0 fully saturated rings. The van der Waals surface area contributed by atoms with Gasteiger partial charge >= 0.3 is 11.9 Å².